The van der Waals surface area contributed by atoms with Crippen molar-refractivity contribution in [3.8, 4) is 11.1 Å². The van der Waals surface area contributed by atoms with Gasteiger partial charge in [0.2, 0.25) is 0 Å². The molecule has 0 saturated heterocycles. The van der Waals surface area contributed by atoms with Crippen LogP contribution in [0.15, 0.2) is 48.5 Å². The first kappa shape index (κ1) is 14.8. The standard InChI is InChI=1S/C19H21NO2/c20-17-8-5-14(6-9-17)13-1-3-16(4-2-13)19(22)18-10-7-15(18)11-12-21/h1-6,8-9,15,18,21H,7,10-12,20H2. The third-order valence-electron chi connectivity index (χ3n) is 4.67. The summed E-state index contributed by atoms with van der Waals surface area (Å²) in [5.41, 5.74) is 9.39. The van der Waals surface area contributed by atoms with Crippen LogP contribution in [0.3, 0.4) is 0 Å². The quantitative estimate of drug-likeness (QED) is 0.655. The number of Topliss-reactive ketones (excluding diaryl/α,β-unsaturated/α-hetero) is 1. The molecule has 3 nitrogen and oxygen atoms in total. The lowest BCUT2D eigenvalue weighted by atomic mass is 9.68. The molecular formula is C19H21NO2. The Labute approximate surface area is 130 Å². The summed E-state index contributed by atoms with van der Waals surface area (Å²) >= 11 is 0. The normalized spacial score (nSPS) is 20.4. The summed E-state index contributed by atoms with van der Waals surface area (Å²) in [5, 5.41) is 9.03. The third kappa shape index (κ3) is 2.90. The molecule has 3 N–H and O–H groups in total. The number of carbonyl (C=O) groups is 1. The molecule has 0 amide bonds. The zero-order chi connectivity index (χ0) is 15.5. The molecule has 1 aliphatic carbocycles. The average Bonchev–Trinajstić information content (AvgIpc) is 2.52. The zero-order valence-corrected chi connectivity index (χ0v) is 12.5. The van der Waals surface area contributed by atoms with Gasteiger partial charge in [-0.1, -0.05) is 36.4 Å². The minimum atomic E-state index is 0.0922. The number of nitrogen functional groups attached to an aromatic ring is 1. The monoisotopic (exact) mass is 295 g/mol. The van der Waals surface area contributed by atoms with Gasteiger partial charge in [0.25, 0.3) is 0 Å². The molecule has 22 heavy (non-hydrogen) atoms. The van der Waals surface area contributed by atoms with Gasteiger partial charge < -0.3 is 10.8 Å². The number of aliphatic hydroxyl groups excluding tert-OH is 1. The summed E-state index contributed by atoms with van der Waals surface area (Å²) in [7, 11) is 0. The van der Waals surface area contributed by atoms with Crippen LogP contribution in [0.25, 0.3) is 11.1 Å². The predicted molar refractivity (Wildman–Crippen MR) is 88.5 cm³/mol. The Hall–Kier alpha value is -2.13. The molecule has 0 heterocycles. The zero-order valence-electron chi connectivity index (χ0n) is 12.5. The van der Waals surface area contributed by atoms with Crippen molar-refractivity contribution < 1.29 is 9.90 Å². The molecule has 2 unspecified atom stereocenters. The van der Waals surface area contributed by atoms with Gasteiger partial charge in [-0.2, -0.15) is 0 Å². The summed E-state index contributed by atoms with van der Waals surface area (Å²) in [4.78, 5) is 12.5. The maximum absolute atomic E-state index is 12.5. The summed E-state index contributed by atoms with van der Waals surface area (Å²) in [6.45, 7) is 0.171. The summed E-state index contributed by atoms with van der Waals surface area (Å²) in [6.07, 6.45) is 2.74. The van der Waals surface area contributed by atoms with Crippen molar-refractivity contribution in [2.45, 2.75) is 19.3 Å². The van der Waals surface area contributed by atoms with Crippen molar-refractivity contribution in [3.63, 3.8) is 0 Å². The van der Waals surface area contributed by atoms with Crippen molar-refractivity contribution in [1.29, 1.82) is 0 Å². The molecule has 0 bridgehead atoms. The molecule has 0 radical (unpaired) electrons. The molecule has 0 aromatic heterocycles. The van der Waals surface area contributed by atoms with Gasteiger partial charge in [0.05, 0.1) is 0 Å². The summed E-state index contributed by atoms with van der Waals surface area (Å²) < 4.78 is 0. The highest BCUT2D eigenvalue weighted by atomic mass is 16.3. The second kappa shape index (κ2) is 6.32. The van der Waals surface area contributed by atoms with Crippen molar-refractivity contribution in [2.75, 3.05) is 12.3 Å². The number of hydrogen-bond donors (Lipinski definition) is 2. The van der Waals surface area contributed by atoms with Crippen molar-refractivity contribution >= 4 is 11.5 Å². The van der Waals surface area contributed by atoms with E-state index in [1.807, 2.05) is 48.5 Å². The minimum absolute atomic E-state index is 0.0922. The van der Waals surface area contributed by atoms with Crippen molar-refractivity contribution in [3.05, 3.63) is 54.1 Å². The number of carbonyl (C=O) groups excluding carboxylic acids is 1. The predicted octanol–water partition coefficient (Wildman–Crippen LogP) is 3.53. The Morgan fingerprint density at radius 1 is 1.00 bits per heavy atom. The number of ketones is 1. The van der Waals surface area contributed by atoms with Gasteiger partial charge in [0.1, 0.15) is 0 Å². The number of hydrogen-bond acceptors (Lipinski definition) is 3. The van der Waals surface area contributed by atoms with Crippen LogP contribution in [0.5, 0.6) is 0 Å². The fourth-order valence-corrected chi connectivity index (χ4v) is 3.14. The van der Waals surface area contributed by atoms with Gasteiger partial charge in [-0.15, -0.1) is 0 Å². The second-order valence-electron chi connectivity index (χ2n) is 6.02. The fourth-order valence-electron chi connectivity index (χ4n) is 3.14. The van der Waals surface area contributed by atoms with Gasteiger partial charge in [0.15, 0.2) is 5.78 Å². The highest BCUT2D eigenvalue weighted by molar-refractivity contribution is 5.98. The van der Waals surface area contributed by atoms with Gasteiger partial charge in [0, 0.05) is 23.8 Å². The molecule has 2 atom stereocenters. The highest BCUT2D eigenvalue weighted by Crippen LogP contribution is 2.39. The van der Waals surface area contributed by atoms with Crippen LogP contribution in [-0.2, 0) is 0 Å². The van der Waals surface area contributed by atoms with E-state index in [9.17, 15) is 4.79 Å². The SMILES string of the molecule is Nc1ccc(-c2ccc(C(=O)C3CCC3CCO)cc2)cc1. The van der Waals surface area contributed by atoms with E-state index in [0.29, 0.717) is 5.92 Å². The van der Waals surface area contributed by atoms with Crippen LogP contribution in [-0.4, -0.2) is 17.5 Å². The molecule has 3 rings (SSSR count). The molecule has 114 valence electrons. The van der Waals surface area contributed by atoms with Crippen molar-refractivity contribution in [2.24, 2.45) is 11.8 Å². The first-order valence-corrected chi connectivity index (χ1v) is 7.80. The maximum atomic E-state index is 12.5. The van der Waals surface area contributed by atoms with E-state index in [4.69, 9.17) is 10.8 Å². The lowest BCUT2D eigenvalue weighted by Crippen LogP contribution is -2.33. The molecule has 1 fully saturated rings. The Morgan fingerprint density at radius 3 is 2.09 bits per heavy atom. The Bertz CT molecular complexity index is 646. The molecule has 1 saturated carbocycles. The largest absolute Gasteiger partial charge is 0.399 e. The van der Waals surface area contributed by atoms with E-state index in [0.717, 1.165) is 41.6 Å². The topological polar surface area (TPSA) is 63.3 Å². The Morgan fingerprint density at radius 2 is 1.59 bits per heavy atom. The minimum Gasteiger partial charge on any atom is -0.399 e. The van der Waals surface area contributed by atoms with Crippen LogP contribution in [0.4, 0.5) is 5.69 Å². The van der Waals surface area contributed by atoms with Crippen LogP contribution in [0.1, 0.15) is 29.6 Å². The second-order valence-corrected chi connectivity index (χ2v) is 6.02. The number of rotatable bonds is 5. The van der Waals surface area contributed by atoms with E-state index < -0.39 is 0 Å². The molecule has 2 aromatic rings. The lowest BCUT2D eigenvalue weighted by molar-refractivity contribution is 0.0688. The Balaban J connectivity index is 1.74. The third-order valence-corrected chi connectivity index (χ3v) is 4.67. The molecule has 2 aromatic carbocycles. The lowest BCUT2D eigenvalue weighted by Gasteiger charge is -2.35. The number of anilines is 1. The van der Waals surface area contributed by atoms with Gasteiger partial charge in [-0.25, -0.2) is 0 Å². The van der Waals surface area contributed by atoms with E-state index in [-0.39, 0.29) is 18.3 Å². The first-order chi connectivity index (χ1) is 10.7. The van der Waals surface area contributed by atoms with E-state index >= 15 is 0 Å². The number of nitrogens with two attached hydrogens (primary N) is 1. The van der Waals surface area contributed by atoms with Crippen LogP contribution >= 0.6 is 0 Å². The van der Waals surface area contributed by atoms with E-state index in [1.165, 1.54) is 0 Å². The van der Waals surface area contributed by atoms with Gasteiger partial charge >= 0.3 is 0 Å². The molecule has 1 aliphatic rings. The van der Waals surface area contributed by atoms with E-state index in [1.54, 1.807) is 0 Å². The smallest absolute Gasteiger partial charge is 0.166 e. The molecular weight excluding hydrogens is 274 g/mol. The van der Waals surface area contributed by atoms with Crippen molar-refractivity contribution in [1.82, 2.24) is 0 Å². The molecule has 0 aliphatic heterocycles. The molecule has 0 spiro atoms. The van der Waals surface area contributed by atoms with Crippen LogP contribution in [0.2, 0.25) is 0 Å². The van der Waals surface area contributed by atoms with Gasteiger partial charge in [-0.3, -0.25) is 4.79 Å². The van der Waals surface area contributed by atoms with E-state index in [2.05, 4.69) is 0 Å². The highest BCUT2D eigenvalue weighted by Gasteiger charge is 2.36. The average molecular weight is 295 g/mol. The molecule has 3 heteroatoms. The van der Waals surface area contributed by atoms with Crippen LogP contribution < -0.4 is 5.73 Å². The first-order valence-electron chi connectivity index (χ1n) is 7.80. The van der Waals surface area contributed by atoms with Gasteiger partial charge in [-0.05, 0) is 48.4 Å². The summed E-state index contributed by atoms with van der Waals surface area (Å²) in [6, 6.07) is 15.5. The van der Waals surface area contributed by atoms with Crippen LogP contribution in [0, 0.1) is 11.8 Å². The fraction of sp³-hybridized carbons (Fsp3) is 0.316. The Kier molecular flexibility index (Phi) is 4.25. The summed E-state index contributed by atoms with van der Waals surface area (Å²) in [5.74, 6) is 0.664. The number of benzene rings is 2. The number of aliphatic hydroxyl groups is 1. The maximum Gasteiger partial charge on any atom is 0.166 e.